The molecule has 0 bridgehead atoms. The van der Waals surface area contributed by atoms with Crippen molar-refractivity contribution in [2.45, 2.75) is 11.0 Å². The van der Waals surface area contributed by atoms with Crippen LogP contribution in [0.15, 0.2) is 89.8 Å². The Kier molecular flexibility index (Phi) is 7.50. The van der Waals surface area contributed by atoms with Gasteiger partial charge in [-0.3, -0.25) is 14.0 Å². The molecule has 2 aliphatic heterocycles. The van der Waals surface area contributed by atoms with E-state index in [4.69, 9.17) is 16.3 Å². The molecule has 1 fully saturated rings. The molecule has 0 N–H and O–H groups in total. The lowest BCUT2D eigenvalue weighted by molar-refractivity contribution is -0.140. The molecule has 0 aromatic heterocycles. The number of ether oxygens (including phenoxy) is 1. The summed E-state index contributed by atoms with van der Waals surface area (Å²) in [5, 5.41) is 0.448. The van der Waals surface area contributed by atoms with E-state index in [1.165, 1.54) is 28.6 Å². The van der Waals surface area contributed by atoms with E-state index < -0.39 is 16.1 Å². The summed E-state index contributed by atoms with van der Waals surface area (Å²) in [7, 11) is -3.92. The van der Waals surface area contributed by atoms with Crippen molar-refractivity contribution >= 4 is 39.3 Å². The quantitative estimate of drug-likeness (QED) is 0.472. The van der Waals surface area contributed by atoms with Gasteiger partial charge in [0.1, 0.15) is 5.75 Å². The average Bonchev–Trinajstić information content (AvgIpc) is 2.93. The maximum absolute atomic E-state index is 13.5. The highest BCUT2D eigenvalue weighted by Gasteiger charge is 2.39. The molecule has 192 valence electrons. The predicted molar refractivity (Wildman–Crippen MR) is 145 cm³/mol. The van der Waals surface area contributed by atoms with E-state index in [1.807, 2.05) is 18.2 Å². The summed E-state index contributed by atoms with van der Waals surface area (Å²) in [5.41, 5.74) is 1.57. The van der Waals surface area contributed by atoms with Crippen LogP contribution in [0, 0.1) is 0 Å². The van der Waals surface area contributed by atoms with Crippen LogP contribution in [0.2, 0.25) is 5.02 Å². The second kappa shape index (κ2) is 11.0. The standard InChI is InChI=1S/C28H28ClN3O4S/c29-23-12-14-24(15-13-23)37(34,35)32-21-27(36-26-11-5-4-10-25(26)32)28(33)31-19-17-30(18-20-31)16-6-9-22-7-2-1-3-8-22/h1-15,27H,16-21H2/b9-6+/t27-/m1/s1. The Bertz CT molecular complexity index is 1370. The number of piperazine rings is 1. The summed E-state index contributed by atoms with van der Waals surface area (Å²) < 4.78 is 34.4. The largest absolute Gasteiger partial charge is 0.476 e. The van der Waals surface area contributed by atoms with Crippen molar-refractivity contribution in [3.8, 4) is 5.75 Å². The zero-order valence-corrected chi connectivity index (χ0v) is 21.8. The van der Waals surface area contributed by atoms with Gasteiger partial charge in [-0.1, -0.05) is 66.2 Å². The van der Waals surface area contributed by atoms with Crippen LogP contribution < -0.4 is 9.04 Å². The van der Waals surface area contributed by atoms with Gasteiger partial charge in [0, 0.05) is 37.7 Å². The molecule has 1 saturated heterocycles. The third-order valence-corrected chi connectivity index (χ3v) is 8.62. The lowest BCUT2D eigenvalue weighted by atomic mass is 10.2. The molecule has 5 rings (SSSR count). The number of benzene rings is 3. The normalized spacial score (nSPS) is 18.5. The lowest BCUT2D eigenvalue weighted by Gasteiger charge is -2.39. The fraction of sp³-hybridized carbons (Fsp3) is 0.250. The van der Waals surface area contributed by atoms with Crippen LogP contribution in [0.1, 0.15) is 5.56 Å². The molecule has 0 aliphatic carbocycles. The van der Waals surface area contributed by atoms with Gasteiger partial charge in [-0.15, -0.1) is 0 Å². The van der Waals surface area contributed by atoms with Gasteiger partial charge >= 0.3 is 0 Å². The summed E-state index contributed by atoms with van der Waals surface area (Å²) in [6.45, 7) is 3.30. The minimum Gasteiger partial charge on any atom is -0.476 e. The van der Waals surface area contributed by atoms with Crippen molar-refractivity contribution in [1.29, 1.82) is 0 Å². The highest BCUT2D eigenvalue weighted by Crippen LogP contribution is 2.37. The number of fused-ring (bicyclic) bond motifs is 1. The molecule has 2 aliphatic rings. The Morgan fingerprint density at radius 2 is 1.59 bits per heavy atom. The maximum atomic E-state index is 13.5. The van der Waals surface area contributed by atoms with Crippen LogP contribution in [0.4, 0.5) is 5.69 Å². The fourth-order valence-corrected chi connectivity index (χ4v) is 6.15. The molecule has 3 aromatic carbocycles. The second-order valence-corrected chi connectivity index (χ2v) is 11.3. The zero-order chi connectivity index (χ0) is 25.8. The summed E-state index contributed by atoms with van der Waals surface area (Å²) in [6.07, 6.45) is 3.30. The monoisotopic (exact) mass is 537 g/mol. The number of amides is 1. The van der Waals surface area contributed by atoms with Crippen molar-refractivity contribution in [2.24, 2.45) is 0 Å². The van der Waals surface area contributed by atoms with Gasteiger partial charge in [0.25, 0.3) is 15.9 Å². The molecule has 37 heavy (non-hydrogen) atoms. The number of carbonyl (C=O) groups is 1. The fourth-order valence-electron chi connectivity index (χ4n) is 4.55. The van der Waals surface area contributed by atoms with E-state index in [9.17, 15) is 13.2 Å². The summed E-state index contributed by atoms with van der Waals surface area (Å²) in [4.78, 5) is 17.6. The lowest BCUT2D eigenvalue weighted by Crippen LogP contribution is -2.56. The highest BCUT2D eigenvalue weighted by atomic mass is 35.5. The van der Waals surface area contributed by atoms with E-state index in [0.29, 0.717) is 29.5 Å². The van der Waals surface area contributed by atoms with Gasteiger partial charge in [0.15, 0.2) is 6.10 Å². The number of hydrogen-bond donors (Lipinski definition) is 0. The molecule has 7 nitrogen and oxygen atoms in total. The Morgan fingerprint density at radius 1 is 0.919 bits per heavy atom. The third-order valence-electron chi connectivity index (χ3n) is 6.57. The number of halogens is 1. The van der Waals surface area contributed by atoms with Gasteiger partial charge in [0.05, 0.1) is 17.1 Å². The summed E-state index contributed by atoms with van der Waals surface area (Å²) in [6, 6.07) is 23.1. The molecule has 2 heterocycles. The molecule has 0 unspecified atom stereocenters. The molecule has 0 spiro atoms. The number of para-hydroxylation sites is 2. The van der Waals surface area contributed by atoms with Crippen LogP contribution in [-0.2, 0) is 14.8 Å². The molecule has 9 heteroatoms. The number of carbonyl (C=O) groups excluding carboxylic acids is 1. The van der Waals surface area contributed by atoms with Crippen LogP contribution in [0.3, 0.4) is 0 Å². The van der Waals surface area contributed by atoms with Crippen molar-refractivity contribution in [3.05, 3.63) is 95.5 Å². The van der Waals surface area contributed by atoms with Crippen LogP contribution in [-0.4, -0.2) is 69.5 Å². The van der Waals surface area contributed by atoms with Crippen LogP contribution >= 0.6 is 11.6 Å². The molecule has 1 atom stereocenters. The second-order valence-electron chi connectivity index (χ2n) is 9.00. The average molecular weight is 538 g/mol. The van der Waals surface area contributed by atoms with Gasteiger partial charge < -0.3 is 9.64 Å². The number of sulfonamides is 1. The van der Waals surface area contributed by atoms with Gasteiger partial charge in [-0.2, -0.15) is 0 Å². The van der Waals surface area contributed by atoms with E-state index >= 15 is 0 Å². The first-order chi connectivity index (χ1) is 17.9. The Labute approximate surface area is 222 Å². The minimum atomic E-state index is -3.92. The Morgan fingerprint density at radius 3 is 2.32 bits per heavy atom. The third kappa shape index (κ3) is 5.66. The van der Waals surface area contributed by atoms with Gasteiger partial charge in [0.2, 0.25) is 0 Å². The zero-order valence-electron chi connectivity index (χ0n) is 20.2. The molecule has 3 aromatic rings. The summed E-state index contributed by atoms with van der Waals surface area (Å²) >= 11 is 5.96. The van der Waals surface area contributed by atoms with Crippen LogP contribution in [0.5, 0.6) is 5.75 Å². The first-order valence-electron chi connectivity index (χ1n) is 12.2. The highest BCUT2D eigenvalue weighted by molar-refractivity contribution is 7.92. The Hall–Kier alpha value is -3.33. The maximum Gasteiger partial charge on any atom is 0.265 e. The van der Waals surface area contributed by atoms with Crippen molar-refractivity contribution in [3.63, 3.8) is 0 Å². The van der Waals surface area contributed by atoms with E-state index in [2.05, 4.69) is 29.2 Å². The van der Waals surface area contributed by atoms with Crippen molar-refractivity contribution in [1.82, 2.24) is 9.80 Å². The van der Waals surface area contributed by atoms with E-state index in [0.717, 1.165) is 25.2 Å². The Balaban J connectivity index is 1.26. The number of rotatable bonds is 6. The number of nitrogens with zero attached hydrogens (tertiary/aromatic N) is 3. The first-order valence-corrected chi connectivity index (χ1v) is 14.0. The van der Waals surface area contributed by atoms with Gasteiger partial charge in [-0.25, -0.2) is 8.42 Å². The first kappa shape index (κ1) is 25.3. The minimum absolute atomic E-state index is 0.0964. The molecule has 0 radical (unpaired) electrons. The molecule has 0 saturated carbocycles. The van der Waals surface area contributed by atoms with E-state index in [1.54, 1.807) is 29.2 Å². The SMILES string of the molecule is O=C([C@H]1CN(S(=O)(=O)c2ccc(Cl)cc2)c2ccccc2O1)N1CCN(C/C=C/c2ccccc2)CC1. The van der Waals surface area contributed by atoms with Crippen molar-refractivity contribution in [2.75, 3.05) is 43.6 Å². The van der Waals surface area contributed by atoms with Crippen LogP contribution in [0.25, 0.3) is 6.08 Å². The van der Waals surface area contributed by atoms with Gasteiger partial charge in [-0.05, 0) is 42.0 Å². The molecular formula is C28H28ClN3O4S. The summed E-state index contributed by atoms with van der Waals surface area (Å²) in [5.74, 6) is 0.166. The number of hydrogen-bond acceptors (Lipinski definition) is 5. The van der Waals surface area contributed by atoms with Crippen molar-refractivity contribution < 1.29 is 17.9 Å². The molecular weight excluding hydrogens is 510 g/mol. The number of anilines is 1. The smallest absolute Gasteiger partial charge is 0.265 e. The predicted octanol–water partition coefficient (Wildman–Crippen LogP) is 4.15. The van der Waals surface area contributed by atoms with E-state index in [-0.39, 0.29) is 17.3 Å². The topological polar surface area (TPSA) is 70.2 Å². The molecule has 1 amide bonds.